The summed E-state index contributed by atoms with van der Waals surface area (Å²) < 4.78 is 0. The van der Waals surface area contributed by atoms with Crippen molar-refractivity contribution in [3.05, 3.63) is 0 Å². The number of hydrogen-bond acceptors (Lipinski definition) is 6. The Kier molecular flexibility index (Phi) is 14.1. The van der Waals surface area contributed by atoms with Crippen molar-refractivity contribution in [1.29, 1.82) is 0 Å². The minimum Gasteiger partial charge on any atom is -0.480 e. The number of hydrogen-bond donors (Lipinski definition) is 6. The zero-order chi connectivity index (χ0) is 26.6. The van der Waals surface area contributed by atoms with Gasteiger partial charge in [0.25, 0.3) is 0 Å². The molecule has 196 valence electrons. The number of rotatable bonds is 16. The molecule has 0 radical (unpaired) electrons. The molecule has 11 heteroatoms. The molecular formula is C23H43N5O6. The van der Waals surface area contributed by atoms with Crippen LogP contribution in [0.25, 0.3) is 0 Å². The number of carbonyl (C=O) groups is 5. The molecule has 0 aliphatic rings. The lowest BCUT2D eigenvalue weighted by Gasteiger charge is -2.28. The zero-order valence-electron chi connectivity index (χ0n) is 21.2. The van der Waals surface area contributed by atoms with Crippen molar-refractivity contribution in [1.82, 2.24) is 16.0 Å². The van der Waals surface area contributed by atoms with Crippen LogP contribution >= 0.6 is 0 Å². The monoisotopic (exact) mass is 485 g/mol. The molecule has 6 unspecified atom stereocenters. The molecule has 0 bridgehead atoms. The maximum atomic E-state index is 13.1. The molecular weight excluding hydrogens is 442 g/mol. The van der Waals surface area contributed by atoms with E-state index in [1.54, 1.807) is 20.8 Å². The summed E-state index contributed by atoms with van der Waals surface area (Å²) in [6.07, 6.45) is 1.20. The average molecular weight is 486 g/mol. The highest BCUT2D eigenvalue weighted by atomic mass is 16.4. The van der Waals surface area contributed by atoms with Crippen LogP contribution in [0.4, 0.5) is 0 Å². The number of carboxylic acids is 1. The maximum Gasteiger partial charge on any atom is 0.326 e. The molecule has 8 N–H and O–H groups in total. The molecule has 0 heterocycles. The van der Waals surface area contributed by atoms with Gasteiger partial charge in [-0.2, -0.15) is 0 Å². The van der Waals surface area contributed by atoms with Crippen molar-refractivity contribution < 1.29 is 29.1 Å². The number of aliphatic carboxylic acids is 1. The first-order chi connectivity index (χ1) is 15.7. The van der Waals surface area contributed by atoms with Gasteiger partial charge in [-0.25, -0.2) is 4.79 Å². The largest absolute Gasteiger partial charge is 0.480 e. The van der Waals surface area contributed by atoms with Gasteiger partial charge in [-0.1, -0.05) is 54.4 Å². The number of nitrogens with one attached hydrogen (secondary N) is 3. The summed E-state index contributed by atoms with van der Waals surface area (Å²) in [7, 11) is 0. The van der Waals surface area contributed by atoms with E-state index in [2.05, 4.69) is 16.0 Å². The Morgan fingerprint density at radius 1 is 0.794 bits per heavy atom. The lowest BCUT2D eigenvalue weighted by atomic mass is 9.96. The van der Waals surface area contributed by atoms with Gasteiger partial charge in [-0.15, -0.1) is 0 Å². The minimum absolute atomic E-state index is 0.117. The van der Waals surface area contributed by atoms with Gasteiger partial charge in [0.05, 0.1) is 6.04 Å². The summed E-state index contributed by atoms with van der Waals surface area (Å²) >= 11 is 0. The Morgan fingerprint density at radius 3 is 1.74 bits per heavy atom. The van der Waals surface area contributed by atoms with Gasteiger partial charge in [0.1, 0.15) is 18.1 Å². The van der Waals surface area contributed by atoms with E-state index >= 15 is 0 Å². The molecule has 6 atom stereocenters. The van der Waals surface area contributed by atoms with Crippen molar-refractivity contribution in [2.45, 2.75) is 97.8 Å². The molecule has 34 heavy (non-hydrogen) atoms. The van der Waals surface area contributed by atoms with Gasteiger partial charge < -0.3 is 32.5 Å². The van der Waals surface area contributed by atoms with Crippen LogP contribution in [0.1, 0.15) is 73.6 Å². The maximum absolute atomic E-state index is 13.1. The molecule has 0 aromatic carbocycles. The highest BCUT2D eigenvalue weighted by molar-refractivity contribution is 5.94. The third kappa shape index (κ3) is 11.0. The molecule has 0 fully saturated rings. The van der Waals surface area contributed by atoms with Crippen molar-refractivity contribution in [2.75, 3.05) is 0 Å². The van der Waals surface area contributed by atoms with E-state index in [-0.39, 0.29) is 30.6 Å². The lowest BCUT2D eigenvalue weighted by Crippen LogP contribution is -2.59. The van der Waals surface area contributed by atoms with Gasteiger partial charge in [-0.3, -0.25) is 19.2 Å². The molecule has 0 aromatic heterocycles. The summed E-state index contributed by atoms with van der Waals surface area (Å²) in [6.45, 7) is 11.0. The quantitative estimate of drug-likeness (QED) is 0.180. The van der Waals surface area contributed by atoms with E-state index in [0.717, 1.165) is 0 Å². The molecule has 0 aromatic rings. The second kappa shape index (κ2) is 15.3. The summed E-state index contributed by atoms with van der Waals surface area (Å²) in [4.78, 5) is 61.5. The first-order valence-electron chi connectivity index (χ1n) is 11.9. The van der Waals surface area contributed by atoms with Crippen LogP contribution in [0.2, 0.25) is 0 Å². The number of carbonyl (C=O) groups excluding carboxylic acids is 4. The van der Waals surface area contributed by atoms with Gasteiger partial charge in [0.2, 0.25) is 23.6 Å². The van der Waals surface area contributed by atoms with E-state index in [4.69, 9.17) is 11.5 Å². The van der Waals surface area contributed by atoms with Crippen molar-refractivity contribution in [2.24, 2.45) is 29.2 Å². The van der Waals surface area contributed by atoms with Crippen LogP contribution in [0, 0.1) is 17.8 Å². The van der Waals surface area contributed by atoms with E-state index in [0.29, 0.717) is 19.3 Å². The van der Waals surface area contributed by atoms with E-state index in [1.165, 1.54) is 0 Å². The van der Waals surface area contributed by atoms with Gasteiger partial charge in [0, 0.05) is 6.42 Å². The van der Waals surface area contributed by atoms with Crippen LogP contribution in [-0.4, -0.2) is 58.9 Å². The predicted molar refractivity (Wildman–Crippen MR) is 128 cm³/mol. The normalized spacial score (nSPS) is 16.5. The predicted octanol–water partition coefficient (Wildman–Crippen LogP) is 0.257. The van der Waals surface area contributed by atoms with E-state index in [1.807, 2.05) is 20.8 Å². The lowest BCUT2D eigenvalue weighted by molar-refractivity contribution is -0.144. The molecule has 0 aliphatic carbocycles. The minimum atomic E-state index is -1.21. The zero-order valence-corrected chi connectivity index (χ0v) is 21.2. The Labute approximate surface area is 202 Å². The second-order valence-corrected chi connectivity index (χ2v) is 9.38. The number of nitrogens with two attached hydrogens (primary N) is 2. The van der Waals surface area contributed by atoms with Gasteiger partial charge in [-0.05, 0) is 30.6 Å². The van der Waals surface area contributed by atoms with Crippen molar-refractivity contribution in [3.63, 3.8) is 0 Å². The van der Waals surface area contributed by atoms with E-state index < -0.39 is 53.8 Å². The average Bonchev–Trinajstić information content (AvgIpc) is 2.75. The molecule has 4 amide bonds. The molecule has 0 aliphatic heterocycles. The van der Waals surface area contributed by atoms with E-state index in [9.17, 15) is 29.1 Å². The SMILES string of the molecule is CCC(C)C(NC(=O)C(CCC(N)=O)NC(=O)C(NC(=O)C(N)CC(C)C)C(C)CC)C(=O)O. The summed E-state index contributed by atoms with van der Waals surface area (Å²) in [5.74, 6) is -4.17. The third-order valence-corrected chi connectivity index (χ3v) is 5.94. The van der Waals surface area contributed by atoms with Crippen molar-refractivity contribution in [3.8, 4) is 0 Å². The fourth-order valence-corrected chi connectivity index (χ4v) is 3.33. The Balaban J connectivity index is 5.66. The Bertz CT molecular complexity index is 714. The number of amides is 4. The fourth-order valence-electron chi connectivity index (χ4n) is 3.33. The van der Waals surface area contributed by atoms with Crippen LogP contribution in [0.15, 0.2) is 0 Å². The Morgan fingerprint density at radius 2 is 1.29 bits per heavy atom. The second-order valence-electron chi connectivity index (χ2n) is 9.38. The topological polar surface area (TPSA) is 194 Å². The van der Waals surface area contributed by atoms with Crippen LogP contribution in [0.3, 0.4) is 0 Å². The highest BCUT2D eigenvalue weighted by Gasteiger charge is 2.33. The fraction of sp³-hybridized carbons (Fsp3) is 0.783. The molecule has 0 rings (SSSR count). The first-order valence-corrected chi connectivity index (χ1v) is 11.9. The van der Waals surface area contributed by atoms with Crippen LogP contribution < -0.4 is 27.4 Å². The number of primary amides is 1. The number of carboxylic acid groups (broad SMARTS) is 1. The van der Waals surface area contributed by atoms with Gasteiger partial charge >= 0.3 is 5.97 Å². The molecule has 11 nitrogen and oxygen atoms in total. The third-order valence-electron chi connectivity index (χ3n) is 5.94. The molecule has 0 spiro atoms. The highest BCUT2D eigenvalue weighted by Crippen LogP contribution is 2.12. The molecule has 0 saturated heterocycles. The van der Waals surface area contributed by atoms with Gasteiger partial charge in [0.15, 0.2) is 0 Å². The summed E-state index contributed by atoms with van der Waals surface area (Å²) in [5.41, 5.74) is 11.2. The van der Waals surface area contributed by atoms with Crippen molar-refractivity contribution >= 4 is 29.6 Å². The molecule has 0 saturated carbocycles. The smallest absolute Gasteiger partial charge is 0.326 e. The first kappa shape index (κ1) is 31.3. The Hall–Kier alpha value is -2.69. The van der Waals surface area contributed by atoms with Crippen LogP contribution in [-0.2, 0) is 24.0 Å². The standard InChI is InChI=1S/C23H43N5O6/c1-7-13(5)18(27-20(30)15(24)11-12(3)4)22(32)26-16(9-10-17(25)29)21(31)28-19(23(33)34)14(6)8-2/h12-16,18-19H,7-11,24H2,1-6H3,(H2,25,29)(H,26,32)(H,27,30)(H,28,31)(H,33,34). The summed E-state index contributed by atoms with van der Waals surface area (Å²) in [6, 6.07) is -4.13. The summed E-state index contributed by atoms with van der Waals surface area (Å²) in [5, 5.41) is 17.2. The van der Waals surface area contributed by atoms with Crippen LogP contribution in [0.5, 0.6) is 0 Å².